The SMILES string of the molecule is CC(Cc1cccc(F)c1)NC1CCCC1CO. The van der Waals surface area contributed by atoms with E-state index in [1.54, 1.807) is 12.1 Å². The van der Waals surface area contributed by atoms with Crippen LogP contribution in [0, 0.1) is 11.7 Å². The van der Waals surface area contributed by atoms with Crippen molar-refractivity contribution in [3.05, 3.63) is 35.6 Å². The van der Waals surface area contributed by atoms with Crippen LogP contribution in [-0.2, 0) is 6.42 Å². The van der Waals surface area contributed by atoms with E-state index >= 15 is 0 Å². The minimum absolute atomic E-state index is 0.172. The third-order valence-electron chi connectivity index (χ3n) is 3.82. The van der Waals surface area contributed by atoms with E-state index in [2.05, 4.69) is 12.2 Å². The van der Waals surface area contributed by atoms with Crippen molar-refractivity contribution in [1.82, 2.24) is 5.32 Å². The lowest BCUT2D eigenvalue weighted by Gasteiger charge is -2.24. The fourth-order valence-corrected chi connectivity index (χ4v) is 2.92. The van der Waals surface area contributed by atoms with E-state index in [0.29, 0.717) is 18.0 Å². The van der Waals surface area contributed by atoms with Gasteiger partial charge in [-0.25, -0.2) is 4.39 Å². The number of aliphatic hydroxyl groups excluding tert-OH is 1. The molecule has 0 aliphatic heterocycles. The fraction of sp³-hybridized carbons (Fsp3) is 0.600. The Labute approximate surface area is 108 Å². The minimum Gasteiger partial charge on any atom is -0.396 e. The van der Waals surface area contributed by atoms with Crippen molar-refractivity contribution in [2.45, 2.75) is 44.7 Å². The first-order chi connectivity index (χ1) is 8.69. The van der Waals surface area contributed by atoms with Gasteiger partial charge in [-0.1, -0.05) is 18.6 Å². The molecule has 1 aromatic rings. The molecule has 2 N–H and O–H groups in total. The summed E-state index contributed by atoms with van der Waals surface area (Å²) in [6, 6.07) is 7.50. The van der Waals surface area contributed by atoms with E-state index < -0.39 is 0 Å². The summed E-state index contributed by atoms with van der Waals surface area (Å²) in [5, 5.41) is 12.9. The summed E-state index contributed by atoms with van der Waals surface area (Å²) in [7, 11) is 0. The van der Waals surface area contributed by atoms with Crippen LogP contribution in [0.15, 0.2) is 24.3 Å². The molecule has 0 amide bonds. The summed E-state index contributed by atoms with van der Waals surface area (Å²) < 4.78 is 13.1. The molecule has 1 saturated carbocycles. The van der Waals surface area contributed by atoms with Crippen LogP contribution in [0.25, 0.3) is 0 Å². The van der Waals surface area contributed by atoms with Gasteiger partial charge in [0, 0.05) is 18.7 Å². The monoisotopic (exact) mass is 251 g/mol. The number of nitrogens with one attached hydrogen (secondary N) is 1. The lowest BCUT2D eigenvalue weighted by Crippen LogP contribution is -2.40. The maximum atomic E-state index is 13.1. The lowest BCUT2D eigenvalue weighted by molar-refractivity contribution is 0.200. The van der Waals surface area contributed by atoms with Crippen molar-refractivity contribution >= 4 is 0 Å². The van der Waals surface area contributed by atoms with Gasteiger partial charge in [0.25, 0.3) is 0 Å². The molecular weight excluding hydrogens is 229 g/mol. The van der Waals surface area contributed by atoms with E-state index in [9.17, 15) is 9.50 Å². The molecule has 0 aromatic heterocycles. The molecule has 3 unspecified atom stereocenters. The number of benzene rings is 1. The summed E-state index contributed by atoms with van der Waals surface area (Å²) in [4.78, 5) is 0. The number of aliphatic hydroxyl groups is 1. The fourth-order valence-electron chi connectivity index (χ4n) is 2.92. The largest absolute Gasteiger partial charge is 0.396 e. The predicted octanol–water partition coefficient (Wildman–Crippen LogP) is 2.51. The Balaban J connectivity index is 1.86. The molecule has 18 heavy (non-hydrogen) atoms. The second-order valence-corrected chi connectivity index (χ2v) is 5.38. The second-order valence-electron chi connectivity index (χ2n) is 5.38. The summed E-state index contributed by atoms with van der Waals surface area (Å²) in [5.74, 6) is 0.216. The van der Waals surface area contributed by atoms with Crippen molar-refractivity contribution in [2.75, 3.05) is 6.61 Å². The average Bonchev–Trinajstić information content (AvgIpc) is 2.76. The summed E-state index contributed by atoms with van der Waals surface area (Å²) in [6.07, 6.45) is 4.27. The molecule has 3 atom stereocenters. The van der Waals surface area contributed by atoms with Gasteiger partial charge < -0.3 is 10.4 Å². The zero-order valence-corrected chi connectivity index (χ0v) is 10.9. The predicted molar refractivity (Wildman–Crippen MR) is 70.9 cm³/mol. The third kappa shape index (κ3) is 3.53. The Hall–Kier alpha value is -0.930. The molecule has 0 radical (unpaired) electrons. The Morgan fingerprint density at radius 3 is 3.00 bits per heavy atom. The highest BCUT2D eigenvalue weighted by atomic mass is 19.1. The molecule has 3 heteroatoms. The Morgan fingerprint density at radius 2 is 2.28 bits per heavy atom. The molecular formula is C15H22FNO. The van der Waals surface area contributed by atoms with Gasteiger partial charge in [0.2, 0.25) is 0 Å². The number of halogens is 1. The smallest absolute Gasteiger partial charge is 0.123 e. The van der Waals surface area contributed by atoms with Crippen LogP contribution in [-0.4, -0.2) is 23.8 Å². The van der Waals surface area contributed by atoms with Crippen LogP contribution in [0.3, 0.4) is 0 Å². The first-order valence-electron chi connectivity index (χ1n) is 6.80. The van der Waals surface area contributed by atoms with Gasteiger partial charge >= 0.3 is 0 Å². The first-order valence-corrected chi connectivity index (χ1v) is 6.80. The molecule has 2 nitrogen and oxygen atoms in total. The second kappa shape index (κ2) is 6.30. The van der Waals surface area contributed by atoms with Crippen LogP contribution in [0.4, 0.5) is 4.39 Å². The molecule has 1 aliphatic carbocycles. The van der Waals surface area contributed by atoms with Crippen LogP contribution >= 0.6 is 0 Å². The maximum absolute atomic E-state index is 13.1. The van der Waals surface area contributed by atoms with Gasteiger partial charge in [-0.15, -0.1) is 0 Å². The van der Waals surface area contributed by atoms with Crippen molar-refractivity contribution in [2.24, 2.45) is 5.92 Å². The standard InChI is InChI=1S/C15H22FNO/c1-11(8-12-4-2-6-14(16)9-12)17-15-7-3-5-13(15)10-18/h2,4,6,9,11,13,15,17-18H,3,5,7-8,10H2,1H3. The molecule has 1 aliphatic rings. The Kier molecular flexibility index (Phi) is 4.72. The van der Waals surface area contributed by atoms with Crippen LogP contribution in [0.5, 0.6) is 0 Å². The summed E-state index contributed by atoms with van der Waals surface area (Å²) >= 11 is 0. The van der Waals surface area contributed by atoms with Gasteiger partial charge in [0.15, 0.2) is 0 Å². The van der Waals surface area contributed by atoms with Gasteiger partial charge in [-0.05, 0) is 49.8 Å². The maximum Gasteiger partial charge on any atom is 0.123 e. The van der Waals surface area contributed by atoms with Crippen LogP contribution in [0.1, 0.15) is 31.7 Å². The lowest BCUT2D eigenvalue weighted by atomic mass is 10.0. The zero-order valence-electron chi connectivity index (χ0n) is 10.9. The molecule has 0 saturated heterocycles. The third-order valence-corrected chi connectivity index (χ3v) is 3.82. The molecule has 0 spiro atoms. The van der Waals surface area contributed by atoms with E-state index in [1.807, 2.05) is 6.07 Å². The van der Waals surface area contributed by atoms with Gasteiger partial charge in [-0.3, -0.25) is 0 Å². The van der Waals surface area contributed by atoms with E-state index in [4.69, 9.17) is 0 Å². The van der Waals surface area contributed by atoms with Gasteiger partial charge in [0.05, 0.1) is 0 Å². The molecule has 0 heterocycles. The van der Waals surface area contributed by atoms with Crippen molar-refractivity contribution in [3.63, 3.8) is 0 Å². The number of hydrogen-bond donors (Lipinski definition) is 2. The molecule has 100 valence electrons. The average molecular weight is 251 g/mol. The van der Waals surface area contributed by atoms with Crippen molar-refractivity contribution in [3.8, 4) is 0 Å². The summed E-state index contributed by atoms with van der Waals surface area (Å²) in [5.41, 5.74) is 1.02. The van der Waals surface area contributed by atoms with Crippen LogP contribution in [0.2, 0.25) is 0 Å². The minimum atomic E-state index is -0.172. The quantitative estimate of drug-likeness (QED) is 0.842. The normalized spacial score (nSPS) is 25.3. The molecule has 1 fully saturated rings. The highest BCUT2D eigenvalue weighted by Gasteiger charge is 2.27. The van der Waals surface area contributed by atoms with Crippen molar-refractivity contribution in [1.29, 1.82) is 0 Å². The topological polar surface area (TPSA) is 32.3 Å². The van der Waals surface area contributed by atoms with E-state index in [1.165, 1.54) is 12.5 Å². The Morgan fingerprint density at radius 1 is 1.44 bits per heavy atom. The van der Waals surface area contributed by atoms with Gasteiger partial charge in [0.1, 0.15) is 5.82 Å². The number of rotatable bonds is 5. The highest BCUT2D eigenvalue weighted by Crippen LogP contribution is 2.25. The van der Waals surface area contributed by atoms with Crippen LogP contribution < -0.4 is 5.32 Å². The number of hydrogen-bond acceptors (Lipinski definition) is 2. The van der Waals surface area contributed by atoms with E-state index in [0.717, 1.165) is 24.8 Å². The highest BCUT2D eigenvalue weighted by molar-refractivity contribution is 5.17. The molecule has 0 bridgehead atoms. The van der Waals surface area contributed by atoms with E-state index in [-0.39, 0.29) is 12.4 Å². The Bertz CT molecular complexity index is 383. The van der Waals surface area contributed by atoms with Gasteiger partial charge in [-0.2, -0.15) is 0 Å². The first kappa shape index (κ1) is 13.5. The zero-order chi connectivity index (χ0) is 13.0. The molecule has 2 rings (SSSR count). The molecule has 1 aromatic carbocycles. The summed E-state index contributed by atoms with van der Waals surface area (Å²) in [6.45, 7) is 2.39. The van der Waals surface area contributed by atoms with Crippen molar-refractivity contribution < 1.29 is 9.50 Å².